The quantitative estimate of drug-likeness (QED) is 0.828. The van der Waals surface area contributed by atoms with Gasteiger partial charge in [-0.25, -0.2) is 17.7 Å². The van der Waals surface area contributed by atoms with Gasteiger partial charge in [0.25, 0.3) is 5.56 Å². The van der Waals surface area contributed by atoms with Crippen LogP contribution in [0.4, 0.5) is 0 Å². The Morgan fingerprint density at radius 2 is 2.05 bits per heavy atom. The van der Waals surface area contributed by atoms with Crippen LogP contribution in [0, 0.1) is 6.92 Å². The minimum atomic E-state index is -3.24. The summed E-state index contributed by atoms with van der Waals surface area (Å²) in [6.07, 6.45) is 2.59. The van der Waals surface area contributed by atoms with Gasteiger partial charge < -0.3 is 0 Å². The van der Waals surface area contributed by atoms with E-state index in [-0.39, 0.29) is 18.6 Å². The van der Waals surface area contributed by atoms with Crippen molar-refractivity contribution in [3.05, 3.63) is 40.4 Å². The highest BCUT2D eigenvalue weighted by Gasteiger charge is 2.11. The Balaban J connectivity index is 2.31. The van der Waals surface area contributed by atoms with Gasteiger partial charge in [0.1, 0.15) is 0 Å². The fourth-order valence-corrected chi connectivity index (χ4v) is 2.26. The molecule has 0 aliphatic rings. The molecular formula is C13H17N3O3S. The molecule has 0 saturated carbocycles. The number of benzene rings is 1. The van der Waals surface area contributed by atoms with E-state index < -0.39 is 10.0 Å². The van der Waals surface area contributed by atoms with Gasteiger partial charge in [-0.15, -0.1) is 0 Å². The maximum atomic E-state index is 12.3. The molecule has 108 valence electrons. The smallest absolute Gasteiger partial charge is 0.261 e. The van der Waals surface area contributed by atoms with Gasteiger partial charge in [-0.05, 0) is 24.6 Å². The first-order valence-electron chi connectivity index (χ1n) is 6.16. The SMILES string of the molecule is Cc1ccc2c(=O)n(CCN(C)S(C)(=O)=O)cnc2c1. The molecule has 0 aliphatic carbocycles. The van der Waals surface area contributed by atoms with Crippen molar-refractivity contribution >= 4 is 20.9 Å². The van der Waals surface area contributed by atoms with Gasteiger partial charge in [-0.1, -0.05) is 6.07 Å². The second kappa shape index (κ2) is 5.34. The zero-order valence-electron chi connectivity index (χ0n) is 11.7. The van der Waals surface area contributed by atoms with E-state index in [1.54, 1.807) is 6.07 Å². The third-order valence-electron chi connectivity index (χ3n) is 3.20. The molecule has 0 fully saturated rings. The van der Waals surface area contributed by atoms with E-state index in [1.165, 1.54) is 22.2 Å². The minimum Gasteiger partial charge on any atom is -0.297 e. The van der Waals surface area contributed by atoms with Crippen LogP contribution in [-0.4, -0.2) is 42.1 Å². The lowest BCUT2D eigenvalue weighted by Crippen LogP contribution is -2.32. The van der Waals surface area contributed by atoms with Crippen LogP contribution >= 0.6 is 0 Å². The number of sulfonamides is 1. The molecule has 0 unspecified atom stereocenters. The van der Waals surface area contributed by atoms with Crippen molar-refractivity contribution in [2.24, 2.45) is 0 Å². The molecule has 0 amide bonds. The van der Waals surface area contributed by atoms with Crippen LogP contribution in [0.3, 0.4) is 0 Å². The Bertz CT molecular complexity index is 796. The Labute approximate surface area is 117 Å². The van der Waals surface area contributed by atoms with Crippen LogP contribution in [0.5, 0.6) is 0 Å². The maximum absolute atomic E-state index is 12.3. The van der Waals surface area contributed by atoms with Crippen molar-refractivity contribution in [1.82, 2.24) is 13.9 Å². The molecule has 6 nitrogen and oxygen atoms in total. The summed E-state index contributed by atoms with van der Waals surface area (Å²) in [4.78, 5) is 16.5. The molecule has 1 heterocycles. The Kier molecular flexibility index (Phi) is 3.92. The maximum Gasteiger partial charge on any atom is 0.261 e. The van der Waals surface area contributed by atoms with E-state index in [4.69, 9.17) is 0 Å². The van der Waals surface area contributed by atoms with Crippen molar-refractivity contribution < 1.29 is 8.42 Å². The number of fused-ring (bicyclic) bond motifs is 1. The zero-order valence-corrected chi connectivity index (χ0v) is 12.5. The second-order valence-corrected chi connectivity index (χ2v) is 6.94. The number of aryl methyl sites for hydroxylation is 1. The first kappa shape index (κ1) is 14.7. The van der Waals surface area contributed by atoms with E-state index in [9.17, 15) is 13.2 Å². The van der Waals surface area contributed by atoms with Crippen LogP contribution in [0.2, 0.25) is 0 Å². The third-order valence-corrected chi connectivity index (χ3v) is 4.52. The highest BCUT2D eigenvalue weighted by atomic mass is 32.2. The number of hydrogen-bond donors (Lipinski definition) is 0. The van der Waals surface area contributed by atoms with Crippen LogP contribution in [0.1, 0.15) is 5.56 Å². The first-order chi connectivity index (χ1) is 9.29. The Hall–Kier alpha value is -1.73. The summed E-state index contributed by atoms with van der Waals surface area (Å²) >= 11 is 0. The largest absolute Gasteiger partial charge is 0.297 e. The van der Waals surface area contributed by atoms with Gasteiger partial charge in [0.2, 0.25) is 10.0 Å². The average molecular weight is 295 g/mol. The second-order valence-electron chi connectivity index (χ2n) is 4.85. The highest BCUT2D eigenvalue weighted by Crippen LogP contribution is 2.08. The summed E-state index contributed by atoms with van der Waals surface area (Å²) in [6.45, 7) is 2.45. The molecule has 20 heavy (non-hydrogen) atoms. The molecule has 1 aromatic carbocycles. The fraction of sp³-hybridized carbons (Fsp3) is 0.385. The number of hydrogen-bond acceptors (Lipinski definition) is 4. The van der Waals surface area contributed by atoms with E-state index in [2.05, 4.69) is 4.98 Å². The average Bonchev–Trinajstić information content (AvgIpc) is 2.36. The number of nitrogens with zero attached hydrogens (tertiary/aromatic N) is 3. The van der Waals surface area contributed by atoms with Crippen LogP contribution in [-0.2, 0) is 16.6 Å². The standard InChI is InChI=1S/C13H17N3O3S/c1-10-4-5-11-12(8-10)14-9-16(13(11)17)7-6-15(2)20(3,18)19/h4-5,8-9H,6-7H2,1-3H3. The van der Waals surface area contributed by atoms with Crippen LogP contribution < -0.4 is 5.56 Å². The van der Waals surface area contributed by atoms with Crippen LogP contribution in [0.25, 0.3) is 10.9 Å². The summed E-state index contributed by atoms with van der Waals surface area (Å²) in [6, 6.07) is 5.46. The highest BCUT2D eigenvalue weighted by molar-refractivity contribution is 7.88. The van der Waals surface area contributed by atoms with Crippen molar-refractivity contribution in [3.63, 3.8) is 0 Å². The van der Waals surface area contributed by atoms with Gasteiger partial charge in [-0.3, -0.25) is 9.36 Å². The van der Waals surface area contributed by atoms with E-state index in [0.29, 0.717) is 10.9 Å². The normalized spacial score (nSPS) is 12.2. The summed E-state index contributed by atoms with van der Waals surface area (Å²) < 4.78 is 25.3. The molecule has 1 aromatic heterocycles. The number of rotatable bonds is 4. The third kappa shape index (κ3) is 3.05. The Morgan fingerprint density at radius 3 is 2.70 bits per heavy atom. The van der Waals surface area contributed by atoms with Crippen LogP contribution in [0.15, 0.2) is 29.3 Å². The lowest BCUT2D eigenvalue weighted by Gasteiger charge is -2.14. The van der Waals surface area contributed by atoms with Crippen molar-refractivity contribution in [1.29, 1.82) is 0 Å². The lowest BCUT2D eigenvalue weighted by molar-refractivity contribution is 0.445. The summed E-state index contributed by atoms with van der Waals surface area (Å²) in [5, 5.41) is 0.542. The van der Waals surface area contributed by atoms with E-state index in [0.717, 1.165) is 11.8 Å². The van der Waals surface area contributed by atoms with Gasteiger partial charge >= 0.3 is 0 Å². The molecule has 0 spiro atoms. The summed E-state index contributed by atoms with van der Waals surface area (Å²) in [5.41, 5.74) is 1.54. The van der Waals surface area contributed by atoms with E-state index >= 15 is 0 Å². The lowest BCUT2D eigenvalue weighted by atomic mass is 10.2. The monoisotopic (exact) mass is 295 g/mol. The predicted molar refractivity (Wildman–Crippen MR) is 78.2 cm³/mol. The van der Waals surface area contributed by atoms with Crippen molar-refractivity contribution in [3.8, 4) is 0 Å². The molecule has 0 aliphatic heterocycles. The van der Waals surface area contributed by atoms with Gasteiger partial charge in [0, 0.05) is 20.1 Å². The number of likely N-dealkylation sites (N-methyl/N-ethyl adjacent to an activating group) is 1. The molecular weight excluding hydrogens is 278 g/mol. The molecule has 7 heteroatoms. The van der Waals surface area contributed by atoms with Gasteiger partial charge in [0.05, 0.1) is 23.5 Å². The summed E-state index contributed by atoms with van der Waals surface area (Å²) in [7, 11) is -1.75. The van der Waals surface area contributed by atoms with Crippen molar-refractivity contribution in [2.75, 3.05) is 19.8 Å². The topological polar surface area (TPSA) is 72.3 Å². The molecule has 0 bridgehead atoms. The fourth-order valence-electron chi connectivity index (χ4n) is 1.84. The molecule has 0 N–H and O–H groups in total. The molecule has 0 saturated heterocycles. The minimum absolute atomic E-state index is 0.156. The first-order valence-corrected chi connectivity index (χ1v) is 8.01. The predicted octanol–water partition coefficient (Wildman–Crippen LogP) is 0.596. The zero-order chi connectivity index (χ0) is 14.9. The molecule has 0 atom stereocenters. The molecule has 2 aromatic rings. The molecule has 0 radical (unpaired) electrons. The summed E-state index contributed by atoms with van der Waals surface area (Å²) in [5.74, 6) is 0. The van der Waals surface area contributed by atoms with Gasteiger partial charge in [-0.2, -0.15) is 0 Å². The Morgan fingerprint density at radius 1 is 1.35 bits per heavy atom. The number of aromatic nitrogens is 2. The molecule has 2 rings (SSSR count). The van der Waals surface area contributed by atoms with E-state index in [1.807, 2.05) is 19.1 Å². The van der Waals surface area contributed by atoms with Gasteiger partial charge in [0.15, 0.2) is 0 Å². The van der Waals surface area contributed by atoms with Crippen molar-refractivity contribution in [2.45, 2.75) is 13.5 Å².